The third-order valence-corrected chi connectivity index (χ3v) is 2.61. The van der Waals surface area contributed by atoms with Crippen LogP contribution in [0.5, 0.6) is 0 Å². The first-order chi connectivity index (χ1) is 8.70. The summed E-state index contributed by atoms with van der Waals surface area (Å²) in [7, 11) is 0. The van der Waals surface area contributed by atoms with E-state index in [2.05, 4.69) is 11.2 Å². The van der Waals surface area contributed by atoms with Gasteiger partial charge in [0.05, 0.1) is 18.5 Å². The molecule has 0 aliphatic heterocycles. The minimum atomic E-state index is -0.470. The highest BCUT2D eigenvalue weighted by Crippen LogP contribution is 2.15. The van der Waals surface area contributed by atoms with Gasteiger partial charge in [0.1, 0.15) is 0 Å². The Labute approximate surface area is 103 Å². The van der Waals surface area contributed by atoms with Crippen LogP contribution in [0.25, 0.3) is 0 Å². The van der Waals surface area contributed by atoms with Crippen molar-refractivity contribution in [3.63, 3.8) is 0 Å². The summed E-state index contributed by atoms with van der Waals surface area (Å²) in [5.41, 5.74) is 0.127. The molecule has 0 saturated carbocycles. The number of benzene rings is 1. The Kier molecular flexibility index (Phi) is 3.39. The van der Waals surface area contributed by atoms with Gasteiger partial charge in [-0.05, 0) is 5.56 Å². The van der Waals surface area contributed by atoms with Crippen molar-refractivity contribution in [3.8, 4) is 6.07 Å². The molecule has 5 nitrogen and oxygen atoms in total. The summed E-state index contributed by atoms with van der Waals surface area (Å²) in [5.74, 6) is -0.470. The van der Waals surface area contributed by atoms with Crippen molar-refractivity contribution in [2.24, 2.45) is 0 Å². The van der Waals surface area contributed by atoms with Crippen molar-refractivity contribution in [1.29, 1.82) is 5.26 Å². The lowest BCUT2D eigenvalue weighted by Crippen LogP contribution is -2.29. The smallest absolute Gasteiger partial charge is 0.265 e. The Morgan fingerprint density at radius 3 is 2.56 bits per heavy atom. The molecule has 1 unspecified atom stereocenters. The molecule has 2 aromatic rings. The average Bonchev–Trinajstić information content (AvgIpc) is 2.41. The molecule has 0 radical (unpaired) electrons. The highest BCUT2D eigenvalue weighted by atomic mass is 16.1. The van der Waals surface area contributed by atoms with Gasteiger partial charge in [-0.2, -0.15) is 5.26 Å². The van der Waals surface area contributed by atoms with Crippen LogP contribution in [-0.4, -0.2) is 9.78 Å². The van der Waals surface area contributed by atoms with E-state index in [0.717, 1.165) is 10.2 Å². The number of aromatic amines is 1. The molecule has 1 aromatic heterocycles. The second-order valence-electron chi connectivity index (χ2n) is 3.85. The zero-order chi connectivity index (χ0) is 13.0. The number of aromatic nitrogens is 2. The van der Waals surface area contributed by atoms with Crippen LogP contribution in [0, 0.1) is 11.3 Å². The molecule has 1 aromatic carbocycles. The third kappa shape index (κ3) is 2.55. The van der Waals surface area contributed by atoms with Crippen molar-refractivity contribution >= 4 is 0 Å². The van der Waals surface area contributed by atoms with Gasteiger partial charge in [0.25, 0.3) is 11.1 Å². The van der Waals surface area contributed by atoms with E-state index in [1.54, 1.807) is 0 Å². The minimum absolute atomic E-state index is 0.134. The lowest BCUT2D eigenvalue weighted by molar-refractivity contribution is 0.540. The average molecular weight is 241 g/mol. The van der Waals surface area contributed by atoms with Crippen LogP contribution in [0.15, 0.2) is 52.1 Å². The van der Waals surface area contributed by atoms with Gasteiger partial charge in [0.2, 0.25) is 0 Å². The van der Waals surface area contributed by atoms with E-state index in [1.165, 1.54) is 12.1 Å². The Hall–Kier alpha value is -2.61. The van der Waals surface area contributed by atoms with E-state index < -0.39 is 5.92 Å². The monoisotopic (exact) mass is 241 g/mol. The van der Waals surface area contributed by atoms with E-state index in [4.69, 9.17) is 5.26 Å². The number of nitriles is 1. The van der Waals surface area contributed by atoms with Gasteiger partial charge in [-0.25, -0.2) is 4.68 Å². The molecule has 1 heterocycles. The van der Waals surface area contributed by atoms with Gasteiger partial charge in [0.15, 0.2) is 0 Å². The lowest BCUT2D eigenvalue weighted by Gasteiger charge is -2.10. The zero-order valence-corrected chi connectivity index (χ0v) is 9.54. The van der Waals surface area contributed by atoms with Gasteiger partial charge in [-0.15, -0.1) is 0 Å². The van der Waals surface area contributed by atoms with E-state index >= 15 is 0 Å². The van der Waals surface area contributed by atoms with Crippen LogP contribution in [0.4, 0.5) is 0 Å². The second-order valence-corrected chi connectivity index (χ2v) is 3.85. The first kappa shape index (κ1) is 11.9. The first-order valence-electron chi connectivity index (χ1n) is 5.45. The maximum atomic E-state index is 11.5. The molecule has 90 valence electrons. The number of nitrogens with one attached hydrogen (secondary N) is 1. The largest absolute Gasteiger partial charge is 0.268 e. The fraction of sp³-hybridized carbons (Fsp3) is 0.154. The topological polar surface area (TPSA) is 78.7 Å². The van der Waals surface area contributed by atoms with Crippen LogP contribution in [0.3, 0.4) is 0 Å². The predicted molar refractivity (Wildman–Crippen MR) is 66.1 cm³/mol. The SMILES string of the molecule is N#CC(Cn1[nH]c(=O)ccc1=O)c1ccccc1. The molecular formula is C13H11N3O2. The van der Waals surface area contributed by atoms with Crippen LogP contribution in [-0.2, 0) is 6.54 Å². The van der Waals surface area contributed by atoms with Gasteiger partial charge < -0.3 is 0 Å². The quantitative estimate of drug-likeness (QED) is 0.865. The van der Waals surface area contributed by atoms with E-state index in [0.29, 0.717) is 0 Å². The van der Waals surface area contributed by atoms with Gasteiger partial charge in [-0.3, -0.25) is 14.7 Å². The summed E-state index contributed by atoms with van der Waals surface area (Å²) in [6.45, 7) is 0.134. The second kappa shape index (κ2) is 5.15. The molecular weight excluding hydrogens is 230 g/mol. The molecule has 1 atom stereocenters. The van der Waals surface area contributed by atoms with E-state index in [1.807, 2.05) is 30.3 Å². The van der Waals surface area contributed by atoms with Crippen LogP contribution >= 0.6 is 0 Å². The minimum Gasteiger partial charge on any atom is -0.268 e. The number of hydrogen-bond acceptors (Lipinski definition) is 3. The normalized spacial score (nSPS) is 11.7. The molecule has 0 bridgehead atoms. The van der Waals surface area contributed by atoms with Crippen LogP contribution in [0.1, 0.15) is 11.5 Å². The van der Waals surface area contributed by atoms with Crippen LogP contribution < -0.4 is 11.1 Å². The molecule has 0 saturated heterocycles. The zero-order valence-electron chi connectivity index (χ0n) is 9.54. The van der Waals surface area contributed by atoms with Crippen LogP contribution in [0.2, 0.25) is 0 Å². The maximum absolute atomic E-state index is 11.5. The van der Waals surface area contributed by atoms with Crippen molar-refractivity contribution in [3.05, 3.63) is 68.7 Å². The van der Waals surface area contributed by atoms with Crippen molar-refractivity contribution < 1.29 is 0 Å². The van der Waals surface area contributed by atoms with Gasteiger partial charge in [0, 0.05) is 12.1 Å². The summed E-state index contributed by atoms with van der Waals surface area (Å²) >= 11 is 0. The van der Waals surface area contributed by atoms with Gasteiger partial charge >= 0.3 is 0 Å². The van der Waals surface area contributed by atoms with Crippen molar-refractivity contribution in [2.45, 2.75) is 12.5 Å². The van der Waals surface area contributed by atoms with E-state index in [-0.39, 0.29) is 17.7 Å². The number of nitrogens with zero attached hydrogens (tertiary/aromatic N) is 2. The highest BCUT2D eigenvalue weighted by molar-refractivity contribution is 5.24. The highest BCUT2D eigenvalue weighted by Gasteiger charge is 2.11. The molecule has 5 heteroatoms. The molecule has 1 N–H and O–H groups in total. The standard InChI is InChI=1S/C13H11N3O2/c14-8-11(10-4-2-1-3-5-10)9-16-13(18)7-6-12(17)15-16/h1-7,11H,9H2,(H,15,17). The molecule has 0 aliphatic carbocycles. The summed E-state index contributed by atoms with van der Waals surface area (Å²) in [6.07, 6.45) is 0. The predicted octanol–water partition coefficient (Wildman–Crippen LogP) is 0.844. The molecule has 0 aliphatic rings. The lowest BCUT2D eigenvalue weighted by atomic mass is 10.0. The third-order valence-electron chi connectivity index (χ3n) is 2.61. The van der Waals surface area contributed by atoms with Crippen molar-refractivity contribution in [1.82, 2.24) is 9.78 Å². The Bertz CT molecular complexity index is 680. The summed E-state index contributed by atoms with van der Waals surface area (Å²) in [6, 6.07) is 13.6. The molecule has 0 spiro atoms. The Morgan fingerprint density at radius 2 is 1.89 bits per heavy atom. The summed E-state index contributed by atoms with van der Waals surface area (Å²) < 4.78 is 1.16. The number of hydrogen-bond donors (Lipinski definition) is 1. The molecule has 0 amide bonds. The fourth-order valence-electron chi connectivity index (χ4n) is 1.69. The first-order valence-corrected chi connectivity index (χ1v) is 5.45. The summed E-state index contributed by atoms with van der Waals surface area (Å²) in [5, 5.41) is 11.6. The number of rotatable bonds is 3. The Balaban J connectivity index is 2.33. The van der Waals surface area contributed by atoms with Gasteiger partial charge in [-0.1, -0.05) is 30.3 Å². The summed E-state index contributed by atoms with van der Waals surface area (Å²) in [4.78, 5) is 22.7. The number of H-pyrrole nitrogens is 1. The molecule has 18 heavy (non-hydrogen) atoms. The maximum Gasteiger partial charge on any atom is 0.265 e. The fourth-order valence-corrected chi connectivity index (χ4v) is 1.69. The molecule has 2 rings (SSSR count). The van der Waals surface area contributed by atoms with E-state index in [9.17, 15) is 9.59 Å². The van der Waals surface area contributed by atoms with Crippen molar-refractivity contribution in [2.75, 3.05) is 0 Å². The molecule has 0 fully saturated rings. The Morgan fingerprint density at radius 1 is 1.17 bits per heavy atom.